The molecule has 0 aliphatic carbocycles. The number of benzene rings is 1. The first-order valence-electron chi connectivity index (χ1n) is 7.59. The Labute approximate surface area is 136 Å². The van der Waals surface area contributed by atoms with Crippen LogP contribution in [0.3, 0.4) is 0 Å². The summed E-state index contributed by atoms with van der Waals surface area (Å²) in [6, 6.07) is 9.31. The van der Waals surface area contributed by atoms with Gasteiger partial charge < -0.3 is 14.2 Å². The fourth-order valence-electron chi connectivity index (χ4n) is 1.53. The van der Waals surface area contributed by atoms with E-state index in [1.165, 1.54) is 0 Å². The molecule has 23 heavy (non-hydrogen) atoms. The molecule has 0 saturated heterocycles. The third kappa shape index (κ3) is 9.67. The average molecular weight is 324 g/mol. The lowest BCUT2D eigenvalue weighted by molar-refractivity contribution is -0.270. The van der Waals surface area contributed by atoms with E-state index in [1.54, 1.807) is 0 Å². The first-order valence-corrected chi connectivity index (χ1v) is 7.59. The van der Waals surface area contributed by atoms with Crippen molar-refractivity contribution >= 4 is 5.97 Å². The quantitative estimate of drug-likeness (QED) is 0.240. The Morgan fingerprint density at radius 1 is 1.00 bits per heavy atom. The Hall–Kier alpha value is -1.89. The lowest BCUT2D eigenvalue weighted by Crippen LogP contribution is -2.14. The zero-order valence-electron chi connectivity index (χ0n) is 13.5. The van der Waals surface area contributed by atoms with Crippen LogP contribution >= 0.6 is 0 Å². The molecule has 6 heteroatoms. The highest BCUT2D eigenvalue weighted by atomic mass is 17.2. The Morgan fingerprint density at radius 3 is 2.48 bits per heavy atom. The topological polar surface area (TPSA) is 63.2 Å². The Bertz CT molecular complexity index is 446. The highest BCUT2D eigenvalue weighted by Crippen LogP contribution is 2.08. The van der Waals surface area contributed by atoms with Crippen LogP contribution in [0.4, 0.5) is 0 Å². The van der Waals surface area contributed by atoms with Crippen molar-refractivity contribution in [1.82, 2.24) is 0 Å². The molecule has 0 spiro atoms. The molecule has 1 aromatic rings. The van der Waals surface area contributed by atoms with E-state index in [1.807, 2.05) is 37.3 Å². The summed E-state index contributed by atoms with van der Waals surface area (Å²) in [5, 5.41) is 0. The van der Waals surface area contributed by atoms with Crippen LogP contribution in [-0.2, 0) is 24.0 Å². The van der Waals surface area contributed by atoms with E-state index in [4.69, 9.17) is 19.1 Å². The van der Waals surface area contributed by atoms with Gasteiger partial charge in [-0.2, -0.15) is 4.89 Å². The standard InChI is InChI=1S/C17H24O6/c1-3-19-11-12-20-10-9-15(2)17(18)23-22-14-13-21-16-7-5-4-6-8-16/h4-8H,2-3,9-14H2,1H3. The minimum absolute atomic E-state index is 0.138. The summed E-state index contributed by atoms with van der Waals surface area (Å²) in [4.78, 5) is 21.0. The molecule has 0 aliphatic heterocycles. The molecule has 0 N–H and O–H groups in total. The summed E-state index contributed by atoms with van der Waals surface area (Å²) in [5.41, 5.74) is 0.297. The van der Waals surface area contributed by atoms with E-state index < -0.39 is 5.97 Å². The van der Waals surface area contributed by atoms with Gasteiger partial charge in [-0.05, 0) is 19.1 Å². The smallest absolute Gasteiger partial charge is 0.368 e. The summed E-state index contributed by atoms with van der Waals surface area (Å²) < 4.78 is 15.8. The van der Waals surface area contributed by atoms with Crippen molar-refractivity contribution in [3.63, 3.8) is 0 Å². The molecule has 0 unspecified atom stereocenters. The van der Waals surface area contributed by atoms with Gasteiger partial charge in [-0.25, -0.2) is 4.79 Å². The summed E-state index contributed by atoms with van der Waals surface area (Å²) in [6.07, 6.45) is 0.384. The molecule has 0 bridgehead atoms. The monoisotopic (exact) mass is 324 g/mol. The number of hydrogen-bond donors (Lipinski definition) is 0. The van der Waals surface area contributed by atoms with E-state index >= 15 is 0 Å². The maximum atomic E-state index is 11.6. The SMILES string of the molecule is C=C(CCOCCOCC)C(=O)OOCCOc1ccccc1. The van der Waals surface area contributed by atoms with Crippen LogP contribution in [0.25, 0.3) is 0 Å². The van der Waals surface area contributed by atoms with Crippen LogP contribution in [-0.4, -0.2) is 45.6 Å². The first-order chi connectivity index (χ1) is 11.2. The molecule has 0 aromatic heterocycles. The minimum Gasteiger partial charge on any atom is -0.491 e. The zero-order valence-corrected chi connectivity index (χ0v) is 13.5. The third-order valence-electron chi connectivity index (χ3n) is 2.73. The van der Waals surface area contributed by atoms with Gasteiger partial charge >= 0.3 is 5.97 Å². The van der Waals surface area contributed by atoms with Crippen molar-refractivity contribution in [2.75, 3.05) is 39.6 Å². The molecule has 128 valence electrons. The van der Waals surface area contributed by atoms with Crippen LogP contribution in [0.5, 0.6) is 5.75 Å². The molecule has 0 saturated carbocycles. The molecule has 0 atom stereocenters. The fraction of sp³-hybridized carbons (Fsp3) is 0.471. The van der Waals surface area contributed by atoms with Crippen molar-refractivity contribution in [2.45, 2.75) is 13.3 Å². The molecule has 1 rings (SSSR count). The van der Waals surface area contributed by atoms with E-state index in [2.05, 4.69) is 11.5 Å². The Balaban J connectivity index is 1.99. The van der Waals surface area contributed by atoms with Gasteiger partial charge in [0.05, 0.1) is 19.8 Å². The number of ether oxygens (including phenoxy) is 3. The number of hydrogen-bond acceptors (Lipinski definition) is 6. The van der Waals surface area contributed by atoms with Crippen molar-refractivity contribution < 1.29 is 28.8 Å². The molecular formula is C17H24O6. The van der Waals surface area contributed by atoms with Gasteiger partial charge in [-0.15, -0.1) is 0 Å². The third-order valence-corrected chi connectivity index (χ3v) is 2.73. The van der Waals surface area contributed by atoms with Gasteiger partial charge in [0.15, 0.2) is 0 Å². The summed E-state index contributed by atoms with van der Waals surface area (Å²) in [6.45, 7) is 8.05. The lowest BCUT2D eigenvalue weighted by atomic mass is 10.2. The fourth-order valence-corrected chi connectivity index (χ4v) is 1.53. The van der Waals surface area contributed by atoms with Crippen molar-refractivity contribution in [1.29, 1.82) is 0 Å². The maximum absolute atomic E-state index is 11.6. The van der Waals surface area contributed by atoms with Crippen LogP contribution in [0.1, 0.15) is 13.3 Å². The van der Waals surface area contributed by atoms with Gasteiger partial charge in [0.2, 0.25) is 0 Å². The molecule has 0 radical (unpaired) electrons. The van der Waals surface area contributed by atoms with Gasteiger partial charge in [-0.1, -0.05) is 24.8 Å². The van der Waals surface area contributed by atoms with Crippen LogP contribution < -0.4 is 4.74 Å². The van der Waals surface area contributed by atoms with Crippen molar-refractivity contribution in [3.05, 3.63) is 42.5 Å². The number of carbonyl (C=O) groups is 1. The second-order valence-electron chi connectivity index (χ2n) is 4.52. The minimum atomic E-state index is -0.599. The number of carbonyl (C=O) groups excluding carboxylic acids is 1. The van der Waals surface area contributed by atoms with Crippen LogP contribution in [0.15, 0.2) is 42.5 Å². The molecule has 0 aliphatic rings. The predicted molar refractivity (Wildman–Crippen MR) is 85.1 cm³/mol. The highest BCUT2D eigenvalue weighted by Gasteiger charge is 2.09. The van der Waals surface area contributed by atoms with E-state index in [9.17, 15) is 4.79 Å². The second-order valence-corrected chi connectivity index (χ2v) is 4.52. The number of rotatable bonds is 13. The van der Waals surface area contributed by atoms with E-state index in [0.29, 0.717) is 38.4 Å². The Kier molecular flexibility index (Phi) is 10.5. The lowest BCUT2D eigenvalue weighted by Gasteiger charge is -2.08. The maximum Gasteiger partial charge on any atom is 0.368 e. The average Bonchev–Trinajstić information content (AvgIpc) is 2.58. The van der Waals surface area contributed by atoms with Gasteiger partial charge in [0.25, 0.3) is 0 Å². The summed E-state index contributed by atoms with van der Waals surface area (Å²) in [7, 11) is 0. The zero-order chi connectivity index (χ0) is 16.8. The molecule has 0 amide bonds. The molecule has 0 heterocycles. The molecular weight excluding hydrogens is 300 g/mol. The number of para-hydroxylation sites is 1. The van der Waals surface area contributed by atoms with Crippen LogP contribution in [0, 0.1) is 0 Å². The molecule has 1 aromatic carbocycles. The Morgan fingerprint density at radius 2 is 1.74 bits per heavy atom. The highest BCUT2D eigenvalue weighted by molar-refractivity contribution is 5.87. The normalized spacial score (nSPS) is 10.3. The largest absolute Gasteiger partial charge is 0.491 e. The summed E-state index contributed by atoms with van der Waals surface area (Å²) in [5.74, 6) is 0.133. The van der Waals surface area contributed by atoms with Crippen molar-refractivity contribution in [3.8, 4) is 5.75 Å². The van der Waals surface area contributed by atoms with Gasteiger partial charge in [0.1, 0.15) is 19.0 Å². The second kappa shape index (κ2) is 12.6. The predicted octanol–water partition coefficient (Wildman–Crippen LogP) is 2.54. The van der Waals surface area contributed by atoms with Crippen LogP contribution in [0.2, 0.25) is 0 Å². The molecule has 0 fully saturated rings. The summed E-state index contributed by atoms with van der Waals surface area (Å²) >= 11 is 0. The van der Waals surface area contributed by atoms with E-state index in [0.717, 1.165) is 5.75 Å². The molecule has 6 nitrogen and oxygen atoms in total. The van der Waals surface area contributed by atoms with Crippen molar-refractivity contribution in [2.24, 2.45) is 0 Å². The first kappa shape index (κ1) is 19.2. The van der Waals surface area contributed by atoms with E-state index in [-0.39, 0.29) is 13.2 Å². The van der Waals surface area contributed by atoms with Gasteiger partial charge in [-0.3, -0.25) is 4.89 Å². The van der Waals surface area contributed by atoms with Gasteiger partial charge in [0, 0.05) is 18.6 Å².